The molecule has 0 saturated carbocycles. The Bertz CT molecular complexity index is 666. The molecule has 0 aliphatic carbocycles. The normalized spacial score (nSPS) is 10.4. The molecule has 0 heterocycles. The van der Waals surface area contributed by atoms with Crippen molar-refractivity contribution in [3.8, 4) is 0 Å². The minimum Gasteiger partial charge on any atom is -0.397 e. The lowest BCUT2D eigenvalue weighted by Gasteiger charge is -2.11. The molecule has 0 saturated heterocycles. The Kier molecular flexibility index (Phi) is 4.73. The van der Waals surface area contributed by atoms with Gasteiger partial charge < -0.3 is 11.1 Å². The van der Waals surface area contributed by atoms with E-state index in [0.717, 1.165) is 10.0 Å². The van der Waals surface area contributed by atoms with Crippen molar-refractivity contribution in [2.45, 2.75) is 6.92 Å². The number of rotatable bonds is 2. The predicted molar refractivity (Wildman–Crippen MR) is 90.4 cm³/mol. The predicted octanol–water partition coefficient (Wildman–Crippen LogP) is 5.01. The fourth-order valence-corrected chi connectivity index (χ4v) is 3.18. The number of aryl methyl sites for hydroxylation is 1. The molecule has 2 aromatic rings. The Morgan fingerprint density at radius 3 is 2.55 bits per heavy atom. The number of carbonyl (C=O) groups is 1. The van der Waals surface area contributed by atoms with Gasteiger partial charge in [0, 0.05) is 19.5 Å². The summed E-state index contributed by atoms with van der Waals surface area (Å²) >= 11 is 12.7. The summed E-state index contributed by atoms with van der Waals surface area (Å²) in [5.74, 6) is -0.262. The molecule has 104 valence electrons. The van der Waals surface area contributed by atoms with Crippen LogP contribution in [0.15, 0.2) is 39.3 Å². The number of amides is 1. The molecule has 3 nitrogen and oxygen atoms in total. The van der Waals surface area contributed by atoms with Gasteiger partial charge in [-0.2, -0.15) is 0 Å². The molecule has 2 aromatic carbocycles. The monoisotopic (exact) mass is 416 g/mol. The van der Waals surface area contributed by atoms with E-state index in [0.29, 0.717) is 26.4 Å². The Labute approximate surface area is 138 Å². The number of halogens is 3. The third-order valence-electron chi connectivity index (χ3n) is 2.76. The minimum atomic E-state index is -0.262. The number of anilines is 2. The molecule has 20 heavy (non-hydrogen) atoms. The zero-order valence-corrected chi connectivity index (χ0v) is 14.4. The van der Waals surface area contributed by atoms with Crippen LogP contribution in [-0.2, 0) is 0 Å². The highest BCUT2D eigenvalue weighted by molar-refractivity contribution is 9.11. The van der Waals surface area contributed by atoms with E-state index in [1.54, 1.807) is 24.3 Å². The standard InChI is InChI=1S/C14H11Br2ClN2O/c1-7-2-3-8(4-11(7)17)14(20)19-13-10(16)5-9(15)6-12(13)18/h2-6H,18H2,1H3,(H,19,20). The number of hydrogen-bond donors (Lipinski definition) is 2. The molecular weight excluding hydrogens is 407 g/mol. The molecule has 0 unspecified atom stereocenters. The second-order valence-electron chi connectivity index (χ2n) is 4.27. The molecule has 0 radical (unpaired) electrons. The van der Waals surface area contributed by atoms with Crippen molar-refractivity contribution in [3.05, 3.63) is 55.4 Å². The summed E-state index contributed by atoms with van der Waals surface area (Å²) in [6.07, 6.45) is 0. The maximum Gasteiger partial charge on any atom is 0.255 e. The fourth-order valence-electron chi connectivity index (χ4n) is 1.65. The van der Waals surface area contributed by atoms with Crippen LogP contribution in [0.5, 0.6) is 0 Å². The summed E-state index contributed by atoms with van der Waals surface area (Å²) in [5.41, 5.74) is 8.31. The molecule has 0 aromatic heterocycles. The molecule has 0 spiro atoms. The summed E-state index contributed by atoms with van der Waals surface area (Å²) in [6, 6.07) is 8.70. The molecule has 0 aliphatic heterocycles. The number of nitrogen functional groups attached to an aromatic ring is 1. The summed E-state index contributed by atoms with van der Waals surface area (Å²) in [5, 5.41) is 3.33. The molecule has 1 amide bonds. The van der Waals surface area contributed by atoms with Gasteiger partial charge in [0.2, 0.25) is 0 Å². The van der Waals surface area contributed by atoms with Crippen LogP contribution in [0.1, 0.15) is 15.9 Å². The third kappa shape index (κ3) is 3.34. The van der Waals surface area contributed by atoms with E-state index in [1.807, 2.05) is 13.0 Å². The van der Waals surface area contributed by atoms with Gasteiger partial charge in [0.05, 0.1) is 11.4 Å². The minimum absolute atomic E-state index is 0.262. The smallest absolute Gasteiger partial charge is 0.255 e. The van der Waals surface area contributed by atoms with E-state index in [4.69, 9.17) is 17.3 Å². The molecule has 0 fully saturated rings. The van der Waals surface area contributed by atoms with Crippen LogP contribution < -0.4 is 11.1 Å². The second-order valence-corrected chi connectivity index (χ2v) is 6.45. The lowest BCUT2D eigenvalue weighted by atomic mass is 10.1. The highest BCUT2D eigenvalue weighted by Gasteiger charge is 2.12. The van der Waals surface area contributed by atoms with Crippen LogP contribution in [0.25, 0.3) is 0 Å². The van der Waals surface area contributed by atoms with Crippen LogP contribution in [0.2, 0.25) is 5.02 Å². The average molecular weight is 419 g/mol. The van der Waals surface area contributed by atoms with Crippen molar-refractivity contribution in [1.82, 2.24) is 0 Å². The first-order chi connectivity index (χ1) is 9.38. The van der Waals surface area contributed by atoms with E-state index in [9.17, 15) is 4.79 Å². The van der Waals surface area contributed by atoms with Crippen LogP contribution in [0, 0.1) is 6.92 Å². The quantitative estimate of drug-likeness (QED) is 0.674. The number of nitrogens with one attached hydrogen (secondary N) is 1. The Morgan fingerprint density at radius 1 is 1.25 bits per heavy atom. The van der Waals surface area contributed by atoms with Gasteiger partial charge >= 0.3 is 0 Å². The van der Waals surface area contributed by atoms with Crippen molar-refractivity contribution < 1.29 is 4.79 Å². The van der Waals surface area contributed by atoms with Gasteiger partial charge in [0.25, 0.3) is 5.91 Å². The summed E-state index contributed by atoms with van der Waals surface area (Å²) < 4.78 is 1.54. The van der Waals surface area contributed by atoms with Crippen LogP contribution >= 0.6 is 43.5 Å². The van der Waals surface area contributed by atoms with Gasteiger partial charge in [-0.15, -0.1) is 0 Å². The van der Waals surface area contributed by atoms with E-state index in [-0.39, 0.29) is 5.91 Å². The highest BCUT2D eigenvalue weighted by Crippen LogP contribution is 2.33. The van der Waals surface area contributed by atoms with Crippen molar-refractivity contribution in [1.29, 1.82) is 0 Å². The molecule has 0 aliphatic rings. The van der Waals surface area contributed by atoms with Crippen molar-refractivity contribution in [2.24, 2.45) is 0 Å². The first-order valence-electron chi connectivity index (χ1n) is 5.70. The SMILES string of the molecule is Cc1ccc(C(=O)Nc2c(N)cc(Br)cc2Br)cc1Cl. The van der Waals surface area contributed by atoms with Gasteiger partial charge in [-0.05, 0) is 52.7 Å². The van der Waals surface area contributed by atoms with Crippen molar-refractivity contribution >= 4 is 60.7 Å². The third-order valence-corrected chi connectivity index (χ3v) is 4.25. The lowest BCUT2D eigenvalue weighted by Crippen LogP contribution is -2.13. The molecule has 2 rings (SSSR count). The van der Waals surface area contributed by atoms with Gasteiger partial charge in [-0.25, -0.2) is 0 Å². The van der Waals surface area contributed by atoms with Gasteiger partial charge in [-0.1, -0.05) is 33.6 Å². The number of carbonyl (C=O) groups excluding carboxylic acids is 1. The Morgan fingerprint density at radius 2 is 1.95 bits per heavy atom. The zero-order chi connectivity index (χ0) is 14.9. The van der Waals surface area contributed by atoms with Crippen LogP contribution in [-0.4, -0.2) is 5.91 Å². The van der Waals surface area contributed by atoms with E-state index < -0.39 is 0 Å². The first kappa shape index (κ1) is 15.4. The second kappa shape index (κ2) is 6.16. The first-order valence-corrected chi connectivity index (χ1v) is 7.67. The topological polar surface area (TPSA) is 55.1 Å². The summed E-state index contributed by atoms with van der Waals surface area (Å²) in [6.45, 7) is 1.88. The molecule has 3 N–H and O–H groups in total. The number of nitrogens with two attached hydrogens (primary N) is 1. The van der Waals surface area contributed by atoms with E-state index >= 15 is 0 Å². The number of hydrogen-bond acceptors (Lipinski definition) is 2. The van der Waals surface area contributed by atoms with Crippen LogP contribution in [0.3, 0.4) is 0 Å². The average Bonchev–Trinajstić information content (AvgIpc) is 2.36. The van der Waals surface area contributed by atoms with Gasteiger partial charge in [0.15, 0.2) is 0 Å². The number of benzene rings is 2. The van der Waals surface area contributed by atoms with Crippen molar-refractivity contribution in [3.63, 3.8) is 0 Å². The van der Waals surface area contributed by atoms with E-state index in [1.165, 1.54) is 0 Å². The lowest BCUT2D eigenvalue weighted by molar-refractivity contribution is 0.102. The molecule has 6 heteroatoms. The van der Waals surface area contributed by atoms with Gasteiger partial charge in [-0.3, -0.25) is 4.79 Å². The highest BCUT2D eigenvalue weighted by atomic mass is 79.9. The van der Waals surface area contributed by atoms with Gasteiger partial charge in [0.1, 0.15) is 0 Å². The molecular formula is C14H11Br2ClN2O. The molecule has 0 atom stereocenters. The summed E-state index contributed by atoms with van der Waals surface area (Å²) in [4.78, 5) is 12.2. The zero-order valence-electron chi connectivity index (χ0n) is 10.5. The molecule has 0 bridgehead atoms. The van der Waals surface area contributed by atoms with Crippen molar-refractivity contribution in [2.75, 3.05) is 11.1 Å². The maximum absolute atomic E-state index is 12.2. The van der Waals surface area contributed by atoms with E-state index in [2.05, 4.69) is 37.2 Å². The Hall–Kier alpha value is -1.04. The summed E-state index contributed by atoms with van der Waals surface area (Å²) in [7, 11) is 0. The van der Waals surface area contributed by atoms with Crippen LogP contribution in [0.4, 0.5) is 11.4 Å². The maximum atomic E-state index is 12.2. The fraction of sp³-hybridized carbons (Fsp3) is 0.0714. The Balaban J connectivity index is 2.30. The largest absolute Gasteiger partial charge is 0.397 e.